The van der Waals surface area contributed by atoms with Crippen LogP contribution in [-0.4, -0.2) is 116 Å². The number of carbonyl (C=O) groups excluding carboxylic acids is 2. The highest BCUT2D eigenvalue weighted by Crippen LogP contribution is 2.01. The van der Waals surface area contributed by atoms with E-state index in [1.54, 1.807) is 0 Å². The Balaban J connectivity index is 3.29. The zero-order valence-corrected chi connectivity index (χ0v) is 19.2. The lowest BCUT2D eigenvalue weighted by Crippen LogP contribution is -2.29. The van der Waals surface area contributed by atoms with Crippen LogP contribution in [0.1, 0.15) is 25.7 Å². The number of ether oxygens (including phenoxy) is 4. The first-order valence-electron chi connectivity index (χ1n) is 10.7. The van der Waals surface area contributed by atoms with Crippen molar-refractivity contribution < 1.29 is 28.5 Å². The molecule has 2 amide bonds. The fraction of sp³-hybridized carbons (Fsp3) is 0.900. The van der Waals surface area contributed by atoms with E-state index in [1.807, 2.05) is 38.0 Å². The smallest absolute Gasteiger partial charge is 0.407 e. The van der Waals surface area contributed by atoms with Crippen LogP contribution in [-0.2, 0) is 18.9 Å². The molecule has 0 radical (unpaired) electrons. The van der Waals surface area contributed by atoms with Crippen molar-refractivity contribution in [2.24, 2.45) is 0 Å². The van der Waals surface area contributed by atoms with E-state index in [9.17, 15) is 9.59 Å². The summed E-state index contributed by atoms with van der Waals surface area (Å²) in [6.07, 6.45) is 2.54. The third-order valence-corrected chi connectivity index (χ3v) is 3.90. The third-order valence-electron chi connectivity index (χ3n) is 3.90. The monoisotopic (exact) mass is 434 g/mol. The maximum Gasteiger partial charge on any atom is 0.407 e. The standard InChI is InChI=1S/C20H42N4O6/c1-23(2)11-17-27-15-9-21-19(25)29-13-7-5-6-8-14-30-20(26)22-10-16-28-18-12-24(3)4/h5-18H2,1-4H3,(H,21,25)(H,22,26). The Labute approximate surface area is 181 Å². The van der Waals surface area contributed by atoms with Gasteiger partial charge in [-0.15, -0.1) is 0 Å². The molecule has 0 atom stereocenters. The highest BCUT2D eigenvalue weighted by molar-refractivity contribution is 5.67. The fourth-order valence-electron chi connectivity index (χ4n) is 2.14. The molecule has 0 spiro atoms. The zero-order valence-electron chi connectivity index (χ0n) is 19.2. The Morgan fingerprint density at radius 3 is 1.37 bits per heavy atom. The summed E-state index contributed by atoms with van der Waals surface area (Å²) in [6.45, 7) is 5.56. The van der Waals surface area contributed by atoms with E-state index >= 15 is 0 Å². The van der Waals surface area contributed by atoms with Crippen LogP contribution in [0.3, 0.4) is 0 Å². The lowest BCUT2D eigenvalue weighted by molar-refractivity contribution is 0.110. The molecule has 30 heavy (non-hydrogen) atoms. The molecule has 0 saturated carbocycles. The zero-order chi connectivity index (χ0) is 22.5. The second kappa shape index (κ2) is 20.6. The normalized spacial score (nSPS) is 11.0. The summed E-state index contributed by atoms with van der Waals surface area (Å²) in [5.74, 6) is 0. The number of rotatable bonds is 19. The molecule has 0 fully saturated rings. The van der Waals surface area contributed by atoms with E-state index < -0.39 is 12.2 Å². The molecule has 0 aromatic carbocycles. The SMILES string of the molecule is CN(C)CCOCCNC(=O)OCCCCCCOC(=O)NCCOCCN(C)C. The topological polar surface area (TPSA) is 102 Å². The van der Waals surface area contributed by atoms with Gasteiger partial charge in [-0.2, -0.15) is 0 Å². The van der Waals surface area contributed by atoms with Gasteiger partial charge in [-0.1, -0.05) is 0 Å². The number of hydrogen-bond acceptors (Lipinski definition) is 8. The van der Waals surface area contributed by atoms with E-state index in [0.717, 1.165) is 38.8 Å². The van der Waals surface area contributed by atoms with Crippen LogP contribution in [0.15, 0.2) is 0 Å². The average Bonchev–Trinajstić information content (AvgIpc) is 2.68. The molecule has 0 rings (SSSR count). The van der Waals surface area contributed by atoms with Gasteiger partial charge in [0.2, 0.25) is 0 Å². The lowest BCUT2D eigenvalue weighted by Gasteiger charge is -2.11. The minimum atomic E-state index is -0.420. The van der Waals surface area contributed by atoms with Gasteiger partial charge in [0.05, 0.1) is 39.6 Å². The summed E-state index contributed by atoms with van der Waals surface area (Å²) in [4.78, 5) is 27.1. The second-order valence-corrected chi connectivity index (χ2v) is 7.37. The summed E-state index contributed by atoms with van der Waals surface area (Å²) < 4.78 is 20.9. The predicted octanol–water partition coefficient (Wildman–Crippen LogP) is 1.16. The van der Waals surface area contributed by atoms with E-state index in [4.69, 9.17) is 18.9 Å². The van der Waals surface area contributed by atoms with Crippen molar-refractivity contribution in [3.05, 3.63) is 0 Å². The molecular formula is C20H42N4O6. The van der Waals surface area contributed by atoms with Crippen LogP contribution in [0.5, 0.6) is 0 Å². The molecule has 0 saturated heterocycles. The number of amides is 2. The first kappa shape index (κ1) is 28.4. The molecule has 0 aliphatic rings. The van der Waals surface area contributed by atoms with Gasteiger partial charge in [0.15, 0.2) is 0 Å². The quantitative estimate of drug-likeness (QED) is 0.292. The molecule has 10 nitrogen and oxygen atoms in total. The molecule has 0 heterocycles. The van der Waals surface area contributed by atoms with Crippen molar-refractivity contribution in [2.45, 2.75) is 25.7 Å². The maximum atomic E-state index is 11.5. The largest absolute Gasteiger partial charge is 0.450 e. The Kier molecular flexibility index (Phi) is 19.5. The molecule has 0 bridgehead atoms. The first-order valence-corrected chi connectivity index (χ1v) is 10.7. The summed E-state index contributed by atoms with van der Waals surface area (Å²) in [5.41, 5.74) is 0. The van der Waals surface area contributed by atoms with Crippen LogP contribution < -0.4 is 10.6 Å². The van der Waals surface area contributed by atoms with Crippen molar-refractivity contribution in [3.63, 3.8) is 0 Å². The highest BCUT2D eigenvalue weighted by Gasteiger charge is 2.03. The van der Waals surface area contributed by atoms with Crippen molar-refractivity contribution in [1.29, 1.82) is 0 Å². The van der Waals surface area contributed by atoms with Gasteiger partial charge >= 0.3 is 12.2 Å². The van der Waals surface area contributed by atoms with Crippen LogP contribution in [0.4, 0.5) is 9.59 Å². The highest BCUT2D eigenvalue weighted by atomic mass is 16.6. The van der Waals surface area contributed by atoms with Crippen molar-refractivity contribution in [3.8, 4) is 0 Å². The van der Waals surface area contributed by atoms with E-state index in [-0.39, 0.29) is 0 Å². The summed E-state index contributed by atoms with van der Waals surface area (Å²) in [6, 6.07) is 0. The third kappa shape index (κ3) is 22.7. The maximum absolute atomic E-state index is 11.5. The Bertz CT molecular complexity index is 386. The number of unbranched alkanes of at least 4 members (excludes halogenated alkanes) is 3. The molecule has 178 valence electrons. The molecule has 0 aromatic heterocycles. The van der Waals surface area contributed by atoms with Crippen LogP contribution in [0.2, 0.25) is 0 Å². The lowest BCUT2D eigenvalue weighted by atomic mass is 10.2. The second-order valence-electron chi connectivity index (χ2n) is 7.37. The van der Waals surface area contributed by atoms with Crippen molar-refractivity contribution >= 4 is 12.2 Å². The molecule has 0 aromatic rings. The minimum Gasteiger partial charge on any atom is -0.450 e. The predicted molar refractivity (Wildman–Crippen MR) is 116 cm³/mol. The number of alkyl carbamates (subject to hydrolysis) is 2. The van der Waals surface area contributed by atoms with Crippen LogP contribution in [0, 0.1) is 0 Å². The summed E-state index contributed by atoms with van der Waals surface area (Å²) in [5, 5.41) is 5.30. The van der Waals surface area contributed by atoms with Gasteiger partial charge in [0.1, 0.15) is 0 Å². The number of hydrogen-bond donors (Lipinski definition) is 2. The Morgan fingerprint density at radius 1 is 0.600 bits per heavy atom. The minimum absolute atomic E-state index is 0.377. The number of nitrogens with one attached hydrogen (secondary N) is 2. The molecule has 0 aliphatic heterocycles. The van der Waals surface area contributed by atoms with Gasteiger partial charge in [0, 0.05) is 26.2 Å². The summed E-state index contributed by atoms with van der Waals surface area (Å²) >= 11 is 0. The number of nitrogens with zero attached hydrogens (tertiary/aromatic N) is 2. The van der Waals surface area contributed by atoms with Gasteiger partial charge < -0.3 is 39.4 Å². The molecular weight excluding hydrogens is 392 g/mol. The van der Waals surface area contributed by atoms with E-state index in [2.05, 4.69) is 10.6 Å². The van der Waals surface area contributed by atoms with Crippen molar-refractivity contribution in [1.82, 2.24) is 20.4 Å². The van der Waals surface area contributed by atoms with E-state index in [1.165, 1.54) is 0 Å². The molecule has 0 unspecified atom stereocenters. The molecule has 2 N–H and O–H groups in total. The summed E-state index contributed by atoms with van der Waals surface area (Å²) in [7, 11) is 7.92. The van der Waals surface area contributed by atoms with Gasteiger partial charge in [0.25, 0.3) is 0 Å². The van der Waals surface area contributed by atoms with E-state index in [0.29, 0.717) is 52.7 Å². The Morgan fingerprint density at radius 2 is 1.00 bits per heavy atom. The fourth-order valence-corrected chi connectivity index (χ4v) is 2.14. The number of likely N-dealkylation sites (N-methyl/N-ethyl adjacent to an activating group) is 2. The van der Waals surface area contributed by atoms with Gasteiger partial charge in [-0.25, -0.2) is 9.59 Å². The van der Waals surface area contributed by atoms with Crippen LogP contribution >= 0.6 is 0 Å². The van der Waals surface area contributed by atoms with Crippen molar-refractivity contribution in [2.75, 3.05) is 94.0 Å². The number of carbonyl (C=O) groups is 2. The van der Waals surface area contributed by atoms with Crippen LogP contribution in [0.25, 0.3) is 0 Å². The average molecular weight is 435 g/mol. The van der Waals surface area contributed by atoms with Gasteiger partial charge in [-0.05, 0) is 53.9 Å². The first-order chi connectivity index (χ1) is 14.4. The Hall–Kier alpha value is -1.62. The molecule has 10 heteroatoms. The van der Waals surface area contributed by atoms with Gasteiger partial charge in [-0.3, -0.25) is 0 Å². The molecule has 0 aliphatic carbocycles.